The molecule has 0 saturated carbocycles. The van der Waals surface area contributed by atoms with Gasteiger partial charge in [0.1, 0.15) is 0 Å². The van der Waals surface area contributed by atoms with Crippen LogP contribution >= 0.6 is 0 Å². The van der Waals surface area contributed by atoms with E-state index in [1.165, 1.54) is 11.1 Å². The topological polar surface area (TPSA) is 46.2 Å². The quantitative estimate of drug-likeness (QED) is 0.792. The Bertz CT molecular complexity index is 508. The van der Waals surface area contributed by atoms with Gasteiger partial charge in [-0.15, -0.1) is 0 Å². The molecule has 1 unspecified atom stereocenters. The molecule has 0 amide bonds. The van der Waals surface area contributed by atoms with E-state index in [0.717, 1.165) is 5.56 Å². The summed E-state index contributed by atoms with van der Waals surface area (Å²) in [4.78, 5) is 0. The van der Waals surface area contributed by atoms with Crippen LogP contribution in [0.2, 0.25) is 0 Å². The van der Waals surface area contributed by atoms with E-state index in [4.69, 9.17) is 5.73 Å². The van der Waals surface area contributed by atoms with Crippen LogP contribution in [0.1, 0.15) is 22.8 Å². The third-order valence-corrected chi connectivity index (χ3v) is 2.97. The average Bonchev–Trinajstić information content (AvgIpc) is 2.32. The van der Waals surface area contributed by atoms with E-state index in [0.29, 0.717) is 12.1 Å². The van der Waals surface area contributed by atoms with Gasteiger partial charge in [-0.2, -0.15) is 0 Å². The van der Waals surface area contributed by atoms with E-state index in [1.807, 2.05) is 42.5 Å². The predicted molar refractivity (Wildman–Crippen MR) is 70.7 cm³/mol. The van der Waals surface area contributed by atoms with Gasteiger partial charge in [0.05, 0.1) is 6.10 Å². The molecule has 17 heavy (non-hydrogen) atoms. The molecule has 0 radical (unpaired) electrons. The molecule has 0 aliphatic carbocycles. The number of anilines is 1. The second kappa shape index (κ2) is 5.02. The number of nitrogens with two attached hydrogens (primary N) is 1. The normalized spacial score (nSPS) is 12.4. The summed E-state index contributed by atoms with van der Waals surface area (Å²) in [5.74, 6) is 0. The van der Waals surface area contributed by atoms with Gasteiger partial charge in [-0.25, -0.2) is 0 Å². The van der Waals surface area contributed by atoms with Crippen LogP contribution in [0.4, 0.5) is 5.69 Å². The van der Waals surface area contributed by atoms with E-state index in [2.05, 4.69) is 13.0 Å². The summed E-state index contributed by atoms with van der Waals surface area (Å²) in [6.45, 7) is 2.06. The van der Waals surface area contributed by atoms with Crippen molar-refractivity contribution in [2.24, 2.45) is 0 Å². The molecule has 2 aromatic carbocycles. The molecular formula is C15H17NO. The SMILES string of the molecule is Cc1ccccc1CC(O)c1cccc(N)c1. The van der Waals surface area contributed by atoms with E-state index in [1.54, 1.807) is 0 Å². The zero-order valence-electron chi connectivity index (χ0n) is 9.93. The fourth-order valence-electron chi connectivity index (χ4n) is 1.93. The Labute approximate surface area is 102 Å². The largest absolute Gasteiger partial charge is 0.399 e. The Morgan fingerprint density at radius 3 is 2.59 bits per heavy atom. The molecule has 0 heterocycles. The highest BCUT2D eigenvalue weighted by molar-refractivity contribution is 5.41. The summed E-state index contributed by atoms with van der Waals surface area (Å²) in [6.07, 6.45) is 0.121. The molecular weight excluding hydrogens is 210 g/mol. The summed E-state index contributed by atoms with van der Waals surface area (Å²) in [7, 11) is 0. The molecule has 0 aliphatic heterocycles. The van der Waals surface area contributed by atoms with Crippen LogP contribution in [0, 0.1) is 6.92 Å². The van der Waals surface area contributed by atoms with Gasteiger partial charge in [0, 0.05) is 12.1 Å². The van der Waals surface area contributed by atoms with Gasteiger partial charge in [-0.3, -0.25) is 0 Å². The lowest BCUT2D eigenvalue weighted by Gasteiger charge is -2.13. The van der Waals surface area contributed by atoms with Crippen LogP contribution in [-0.2, 0) is 6.42 Å². The highest BCUT2D eigenvalue weighted by Crippen LogP contribution is 2.21. The first-order valence-electron chi connectivity index (χ1n) is 5.75. The maximum absolute atomic E-state index is 10.2. The van der Waals surface area contributed by atoms with Gasteiger partial charge in [0.15, 0.2) is 0 Å². The Morgan fingerprint density at radius 2 is 1.88 bits per heavy atom. The second-order valence-corrected chi connectivity index (χ2v) is 4.32. The number of rotatable bonds is 3. The number of aryl methyl sites for hydroxylation is 1. The summed E-state index contributed by atoms with van der Waals surface area (Å²) >= 11 is 0. The number of nitrogen functional groups attached to an aromatic ring is 1. The molecule has 88 valence electrons. The predicted octanol–water partition coefficient (Wildman–Crippen LogP) is 2.85. The van der Waals surface area contributed by atoms with Crippen molar-refractivity contribution < 1.29 is 5.11 Å². The maximum atomic E-state index is 10.2. The van der Waals surface area contributed by atoms with E-state index >= 15 is 0 Å². The van der Waals surface area contributed by atoms with Gasteiger partial charge in [0.25, 0.3) is 0 Å². The van der Waals surface area contributed by atoms with Crippen LogP contribution in [0.25, 0.3) is 0 Å². The first kappa shape index (κ1) is 11.7. The lowest BCUT2D eigenvalue weighted by atomic mass is 9.98. The lowest BCUT2D eigenvalue weighted by Crippen LogP contribution is -2.03. The minimum absolute atomic E-state index is 0.500. The molecule has 2 nitrogen and oxygen atoms in total. The Kier molecular flexibility index (Phi) is 3.45. The number of hydrogen-bond donors (Lipinski definition) is 2. The van der Waals surface area contributed by atoms with Crippen molar-refractivity contribution in [1.29, 1.82) is 0 Å². The molecule has 0 spiro atoms. The van der Waals surface area contributed by atoms with Crippen molar-refractivity contribution in [3.05, 3.63) is 65.2 Å². The van der Waals surface area contributed by atoms with E-state index in [9.17, 15) is 5.11 Å². The zero-order chi connectivity index (χ0) is 12.3. The van der Waals surface area contributed by atoms with E-state index < -0.39 is 6.10 Å². The van der Waals surface area contributed by atoms with Crippen molar-refractivity contribution >= 4 is 5.69 Å². The Hall–Kier alpha value is -1.80. The molecule has 0 saturated heterocycles. The van der Waals surface area contributed by atoms with Gasteiger partial charge in [0.2, 0.25) is 0 Å². The van der Waals surface area contributed by atoms with Crippen molar-refractivity contribution in [2.45, 2.75) is 19.4 Å². The highest BCUT2D eigenvalue weighted by Gasteiger charge is 2.09. The molecule has 2 rings (SSSR count). The van der Waals surface area contributed by atoms with Crippen molar-refractivity contribution in [3.63, 3.8) is 0 Å². The van der Waals surface area contributed by atoms with Gasteiger partial charge >= 0.3 is 0 Å². The Balaban J connectivity index is 2.17. The molecule has 0 fully saturated rings. The minimum Gasteiger partial charge on any atom is -0.399 e. The van der Waals surface area contributed by atoms with Crippen LogP contribution in [0.5, 0.6) is 0 Å². The Morgan fingerprint density at radius 1 is 1.12 bits per heavy atom. The third-order valence-electron chi connectivity index (χ3n) is 2.97. The molecule has 0 bridgehead atoms. The number of aliphatic hydroxyl groups is 1. The van der Waals surface area contributed by atoms with E-state index in [-0.39, 0.29) is 0 Å². The molecule has 0 aliphatic rings. The first-order chi connectivity index (χ1) is 8.16. The standard InChI is InChI=1S/C15H17NO/c1-11-5-2-3-6-12(11)10-15(17)13-7-4-8-14(16)9-13/h2-9,15,17H,10,16H2,1H3. The van der Waals surface area contributed by atoms with Crippen LogP contribution < -0.4 is 5.73 Å². The van der Waals surface area contributed by atoms with Gasteiger partial charge in [-0.1, -0.05) is 36.4 Å². The van der Waals surface area contributed by atoms with Crippen LogP contribution in [0.3, 0.4) is 0 Å². The fourth-order valence-corrected chi connectivity index (χ4v) is 1.93. The third kappa shape index (κ3) is 2.86. The monoisotopic (exact) mass is 227 g/mol. The average molecular weight is 227 g/mol. The molecule has 0 aromatic heterocycles. The molecule has 2 heteroatoms. The minimum atomic E-state index is -0.500. The maximum Gasteiger partial charge on any atom is 0.0831 e. The van der Waals surface area contributed by atoms with Crippen molar-refractivity contribution in [1.82, 2.24) is 0 Å². The molecule has 3 N–H and O–H groups in total. The summed E-state index contributed by atoms with van der Waals surface area (Å²) in [5, 5.41) is 10.2. The number of hydrogen-bond acceptors (Lipinski definition) is 2. The molecule has 1 atom stereocenters. The first-order valence-corrected chi connectivity index (χ1v) is 5.75. The van der Waals surface area contributed by atoms with Crippen molar-refractivity contribution in [2.75, 3.05) is 5.73 Å². The fraction of sp³-hybridized carbons (Fsp3) is 0.200. The number of aliphatic hydroxyl groups excluding tert-OH is 1. The zero-order valence-corrected chi connectivity index (χ0v) is 9.93. The van der Waals surface area contributed by atoms with Gasteiger partial charge in [-0.05, 0) is 35.7 Å². The summed E-state index contributed by atoms with van der Waals surface area (Å²) in [6, 6.07) is 15.5. The van der Waals surface area contributed by atoms with Crippen LogP contribution in [0.15, 0.2) is 48.5 Å². The van der Waals surface area contributed by atoms with Crippen LogP contribution in [-0.4, -0.2) is 5.11 Å². The number of benzene rings is 2. The highest BCUT2D eigenvalue weighted by atomic mass is 16.3. The smallest absolute Gasteiger partial charge is 0.0831 e. The molecule has 2 aromatic rings. The van der Waals surface area contributed by atoms with Gasteiger partial charge < -0.3 is 10.8 Å². The second-order valence-electron chi connectivity index (χ2n) is 4.32. The summed E-state index contributed by atoms with van der Waals surface area (Å²) in [5.41, 5.74) is 9.64. The lowest BCUT2D eigenvalue weighted by molar-refractivity contribution is 0.178. The summed E-state index contributed by atoms with van der Waals surface area (Å²) < 4.78 is 0. The van der Waals surface area contributed by atoms with Crippen molar-refractivity contribution in [3.8, 4) is 0 Å².